The predicted molar refractivity (Wildman–Crippen MR) is 96.8 cm³/mol. The summed E-state index contributed by atoms with van der Waals surface area (Å²) >= 11 is 6.04. The Morgan fingerprint density at radius 2 is 1.96 bits per heavy atom. The maximum Gasteiger partial charge on any atom is 0.246 e. The Morgan fingerprint density at radius 1 is 1.20 bits per heavy atom. The first-order chi connectivity index (χ1) is 12.1. The van der Waals surface area contributed by atoms with E-state index < -0.39 is 0 Å². The Bertz CT molecular complexity index is 901. The lowest BCUT2D eigenvalue weighted by molar-refractivity contribution is -0.116. The van der Waals surface area contributed by atoms with Gasteiger partial charge in [0.1, 0.15) is 0 Å². The number of hydrogen-bond donors (Lipinski definition) is 1. The number of hydrogen-bond acceptors (Lipinski definition) is 4. The van der Waals surface area contributed by atoms with Gasteiger partial charge in [0, 0.05) is 16.7 Å². The fourth-order valence-electron chi connectivity index (χ4n) is 2.14. The zero-order valence-corrected chi connectivity index (χ0v) is 14.3. The van der Waals surface area contributed by atoms with Crippen LogP contribution in [0.5, 0.6) is 0 Å². The number of amides is 1. The van der Waals surface area contributed by atoms with Crippen LogP contribution in [0.2, 0.25) is 5.02 Å². The van der Waals surface area contributed by atoms with Crippen LogP contribution in [0.4, 0.5) is 0 Å². The van der Waals surface area contributed by atoms with E-state index in [1.54, 1.807) is 12.1 Å². The lowest BCUT2D eigenvalue weighted by atomic mass is 10.1. The monoisotopic (exact) mass is 353 g/mol. The molecule has 1 aromatic heterocycles. The number of aryl methyl sites for hydroxylation is 1. The van der Waals surface area contributed by atoms with Gasteiger partial charge in [-0.1, -0.05) is 64.8 Å². The second-order valence-corrected chi connectivity index (χ2v) is 5.86. The summed E-state index contributed by atoms with van der Waals surface area (Å²) in [6, 6.07) is 15.1. The van der Waals surface area contributed by atoms with Crippen LogP contribution >= 0.6 is 11.6 Å². The van der Waals surface area contributed by atoms with E-state index in [0.717, 1.165) is 16.7 Å². The number of halogens is 1. The normalized spacial score (nSPS) is 11.0. The van der Waals surface area contributed by atoms with E-state index in [4.69, 9.17) is 16.1 Å². The number of nitrogens with one attached hydrogen (secondary N) is 1. The molecule has 0 aliphatic heterocycles. The van der Waals surface area contributed by atoms with Crippen LogP contribution in [0.25, 0.3) is 17.5 Å². The first-order valence-electron chi connectivity index (χ1n) is 7.72. The second kappa shape index (κ2) is 7.77. The number of rotatable bonds is 5. The third-order valence-electron chi connectivity index (χ3n) is 3.51. The minimum atomic E-state index is -0.269. The molecule has 1 heterocycles. The van der Waals surface area contributed by atoms with Gasteiger partial charge in [0.2, 0.25) is 17.6 Å². The van der Waals surface area contributed by atoms with E-state index in [1.807, 2.05) is 49.4 Å². The molecule has 0 unspecified atom stereocenters. The molecule has 0 fully saturated rings. The number of carbonyl (C=O) groups is 1. The largest absolute Gasteiger partial charge is 0.343 e. The average Bonchev–Trinajstić information content (AvgIpc) is 3.09. The SMILES string of the molecule is Cc1ccc(-c2noc(CNC(=O)/C=C/c3ccccc3Cl)n2)cc1. The first-order valence-corrected chi connectivity index (χ1v) is 8.10. The highest BCUT2D eigenvalue weighted by molar-refractivity contribution is 6.32. The minimum Gasteiger partial charge on any atom is -0.343 e. The van der Waals surface area contributed by atoms with Crippen LogP contribution in [0.15, 0.2) is 59.1 Å². The minimum absolute atomic E-state index is 0.157. The van der Waals surface area contributed by atoms with Crippen molar-refractivity contribution in [3.8, 4) is 11.4 Å². The molecule has 6 heteroatoms. The Hall–Kier alpha value is -2.92. The molecule has 0 spiro atoms. The molecule has 3 aromatic rings. The van der Waals surface area contributed by atoms with E-state index >= 15 is 0 Å². The summed E-state index contributed by atoms with van der Waals surface area (Å²) in [4.78, 5) is 16.2. The van der Waals surface area contributed by atoms with E-state index in [1.165, 1.54) is 6.08 Å². The van der Waals surface area contributed by atoms with E-state index in [-0.39, 0.29) is 12.5 Å². The van der Waals surface area contributed by atoms with Gasteiger partial charge >= 0.3 is 0 Å². The lowest BCUT2D eigenvalue weighted by Gasteiger charge is -1.98. The molecule has 5 nitrogen and oxygen atoms in total. The first kappa shape index (κ1) is 16.9. The van der Waals surface area contributed by atoms with Crippen molar-refractivity contribution in [3.05, 3.63) is 76.6 Å². The van der Waals surface area contributed by atoms with Crippen molar-refractivity contribution in [2.24, 2.45) is 0 Å². The molecule has 1 N–H and O–H groups in total. The van der Waals surface area contributed by atoms with E-state index in [0.29, 0.717) is 16.7 Å². The smallest absolute Gasteiger partial charge is 0.246 e. The molecule has 0 radical (unpaired) electrons. The Labute approximate surface area is 150 Å². The van der Waals surface area contributed by atoms with Gasteiger partial charge < -0.3 is 9.84 Å². The topological polar surface area (TPSA) is 68.0 Å². The molecule has 3 rings (SSSR count). The molecule has 0 bridgehead atoms. The quantitative estimate of drug-likeness (QED) is 0.703. The maximum atomic E-state index is 11.9. The Balaban J connectivity index is 1.58. The summed E-state index contributed by atoms with van der Waals surface area (Å²) in [5.74, 6) is 0.570. The van der Waals surface area contributed by atoms with Crippen molar-refractivity contribution in [3.63, 3.8) is 0 Å². The van der Waals surface area contributed by atoms with Crippen LogP contribution in [0.1, 0.15) is 17.0 Å². The number of aromatic nitrogens is 2. The highest BCUT2D eigenvalue weighted by atomic mass is 35.5. The highest BCUT2D eigenvalue weighted by Gasteiger charge is 2.09. The third-order valence-corrected chi connectivity index (χ3v) is 3.86. The van der Waals surface area contributed by atoms with Crippen molar-refractivity contribution in [1.82, 2.24) is 15.5 Å². The molecule has 25 heavy (non-hydrogen) atoms. The predicted octanol–water partition coefficient (Wildman–Crippen LogP) is 4.03. The van der Waals surface area contributed by atoms with Gasteiger partial charge in [0.15, 0.2) is 0 Å². The van der Waals surface area contributed by atoms with Crippen LogP contribution in [-0.4, -0.2) is 16.0 Å². The number of nitrogens with zero attached hydrogens (tertiary/aromatic N) is 2. The Kier molecular flexibility index (Phi) is 5.26. The lowest BCUT2D eigenvalue weighted by Crippen LogP contribution is -2.20. The zero-order chi connectivity index (χ0) is 17.6. The van der Waals surface area contributed by atoms with Gasteiger partial charge in [-0.2, -0.15) is 4.98 Å². The van der Waals surface area contributed by atoms with Gasteiger partial charge in [0.05, 0.1) is 6.54 Å². The van der Waals surface area contributed by atoms with Gasteiger partial charge in [0.25, 0.3) is 0 Å². The van der Waals surface area contributed by atoms with Gasteiger partial charge in [-0.3, -0.25) is 4.79 Å². The van der Waals surface area contributed by atoms with Crippen LogP contribution in [0, 0.1) is 6.92 Å². The van der Waals surface area contributed by atoms with E-state index in [9.17, 15) is 4.79 Å². The van der Waals surface area contributed by atoms with Crippen LogP contribution in [-0.2, 0) is 11.3 Å². The van der Waals surface area contributed by atoms with Crippen LogP contribution < -0.4 is 5.32 Å². The molecule has 1 amide bonds. The van der Waals surface area contributed by atoms with Crippen molar-refractivity contribution >= 4 is 23.6 Å². The molecular formula is C19H16ClN3O2. The van der Waals surface area contributed by atoms with E-state index in [2.05, 4.69) is 15.5 Å². The molecule has 0 saturated heterocycles. The Morgan fingerprint density at radius 3 is 2.72 bits per heavy atom. The summed E-state index contributed by atoms with van der Waals surface area (Å²) < 4.78 is 5.16. The summed E-state index contributed by atoms with van der Waals surface area (Å²) in [6.45, 7) is 2.17. The molecular weight excluding hydrogens is 338 g/mol. The van der Waals surface area contributed by atoms with Crippen LogP contribution in [0.3, 0.4) is 0 Å². The summed E-state index contributed by atoms with van der Waals surface area (Å²) in [5, 5.41) is 7.21. The number of benzene rings is 2. The zero-order valence-electron chi connectivity index (χ0n) is 13.6. The molecule has 126 valence electrons. The molecule has 0 aliphatic rings. The van der Waals surface area contributed by atoms with Crippen molar-refractivity contribution < 1.29 is 9.32 Å². The fraction of sp³-hybridized carbons (Fsp3) is 0.105. The molecule has 0 aliphatic carbocycles. The third kappa shape index (κ3) is 4.55. The summed E-state index contributed by atoms with van der Waals surface area (Å²) in [7, 11) is 0. The molecule has 0 saturated carbocycles. The standard InChI is InChI=1S/C19H16ClN3O2/c1-13-6-8-15(9-7-13)19-22-18(25-23-19)12-21-17(24)11-10-14-4-2-3-5-16(14)20/h2-11H,12H2,1H3,(H,21,24)/b11-10+. The molecule has 2 aromatic carbocycles. The summed E-state index contributed by atoms with van der Waals surface area (Å²) in [6.07, 6.45) is 3.07. The van der Waals surface area contributed by atoms with Gasteiger partial charge in [-0.15, -0.1) is 0 Å². The second-order valence-electron chi connectivity index (χ2n) is 5.45. The van der Waals surface area contributed by atoms with Crippen molar-refractivity contribution in [2.45, 2.75) is 13.5 Å². The fourth-order valence-corrected chi connectivity index (χ4v) is 2.34. The summed E-state index contributed by atoms with van der Waals surface area (Å²) in [5.41, 5.74) is 2.80. The van der Waals surface area contributed by atoms with Crippen molar-refractivity contribution in [2.75, 3.05) is 0 Å². The highest BCUT2D eigenvalue weighted by Crippen LogP contribution is 2.17. The average molecular weight is 354 g/mol. The molecule has 0 atom stereocenters. The maximum absolute atomic E-state index is 11.9. The van der Waals surface area contributed by atoms with Gasteiger partial charge in [-0.25, -0.2) is 0 Å². The number of carbonyl (C=O) groups excluding carboxylic acids is 1. The van der Waals surface area contributed by atoms with Gasteiger partial charge in [-0.05, 0) is 24.6 Å². The van der Waals surface area contributed by atoms with Crippen molar-refractivity contribution in [1.29, 1.82) is 0 Å².